The maximum atomic E-state index is 5.99. The zero-order valence-electron chi connectivity index (χ0n) is 11.7. The lowest BCUT2D eigenvalue weighted by molar-refractivity contribution is 0.191. The lowest BCUT2D eigenvalue weighted by Gasteiger charge is -2.31. The van der Waals surface area contributed by atoms with E-state index in [0.29, 0.717) is 18.0 Å². The SMILES string of the molecule is CN1CCCCC1CN=C(N)NC1CCCCC1. The third-order valence-corrected chi connectivity index (χ3v) is 4.35. The molecular weight excluding hydrogens is 224 g/mol. The Morgan fingerprint density at radius 2 is 1.89 bits per heavy atom. The first-order chi connectivity index (χ1) is 8.75. The Labute approximate surface area is 111 Å². The second-order valence-electron chi connectivity index (χ2n) is 5.84. The highest BCUT2D eigenvalue weighted by molar-refractivity contribution is 5.78. The van der Waals surface area contributed by atoms with Crippen molar-refractivity contribution in [3.63, 3.8) is 0 Å². The maximum absolute atomic E-state index is 5.99. The van der Waals surface area contributed by atoms with Crippen LogP contribution in [0.2, 0.25) is 0 Å². The highest BCUT2D eigenvalue weighted by Crippen LogP contribution is 2.17. The van der Waals surface area contributed by atoms with Crippen molar-refractivity contribution in [2.45, 2.75) is 63.5 Å². The van der Waals surface area contributed by atoms with Crippen molar-refractivity contribution in [2.75, 3.05) is 20.1 Å². The second kappa shape index (κ2) is 6.98. The number of guanidine groups is 1. The van der Waals surface area contributed by atoms with E-state index < -0.39 is 0 Å². The van der Waals surface area contributed by atoms with Gasteiger partial charge in [-0.1, -0.05) is 25.7 Å². The lowest BCUT2D eigenvalue weighted by Crippen LogP contribution is -2.43. The largest absolute Gasteiger partial charge is 0.370 e. The van der Waals surface area contributed by atoms with Crippen molar-refractivity contribution in [1.82, 2.24) is 10.2 Å². The predicted molar refractivity (Wildman–Crippen MR) is 76.8 cm³/mol. The van der Waals surface area contributed by atoms with Crippen LogP contribution in [-0.4, -0.2) is 43.1 Å². The molecule has 1 heterocycles. The third-order valence-electron chi connectivity index (χ3n) is 4.35. The Bertz CT molecular complexity index is 271. The van der Waals surface area contributed by atoms with Crippen LogP contribution in [0.4, 0.5) is 0 Å². The van der Waals surface area contributed by atoms with E-state index in [9.17, 15) is 0 Å². The number of likely N-dealkylation sites (N-methyl/N-ethyl adjacent to an activating group) is 1. The fraction of sp³-hybridized carbons (Fsp3) is 0.929. The molecule has 0 radical (unpaired) electrons. The summed E-state index contributed by atoms with van der Waals surface area (Å²) in [5.41, 5.74) is 5.99. The quantitative estimate of drug-likeness (QED) is 0.594. The standard InChI is InChI=1S/C14H28N4/c1-18-10-6-5-9-13(18)11-16-14(15)17-12-7-3-2-4-8-12/h12-13H,2-11H2,1H3,(H3,15,16,17). The smallest absolute Gasteiger partial charge is 0.188 e. The van der Waals surface area contributed by atoms with Crippen LogP contribution in [0.3, 0.4) is 0 Å². The fourth-order valence-corrected chi connectivity index (χ4v) is 3.08. The van der Waals surface area contributed by atoms with Gasteiger partial charge in [-0.15, -0.1) is 0 Å². The van der Waals surface area contributed by atoms with Gasteiger partial charge in [-0.25, -0.2) is 0 Å². The minimum Gasteiger partial charge on any atom is -0.370 e. The molecule has 0 aromatic heterocycles. The maximum Gasteiger partial charge on any atom is 0.188 e. The number of nitrogens with zero attached hydrogens (tertiary/aromatic N) is 2. The number of hydrogen-bond donors (Lipinski definition) is 2. The van der Waals surface area contributed by atoms with Crippen LogP contribution in [0.25, 0.3) is 0 Å². The molecule has 2 aliphatic rings. The molecule has 1 unspecified atom stereocenters. The summed E-state index contributed by atoms with van der Waals surface area (Å²) in [5, 5.41) is 3.38. The van der Waals surface area contributed by atoms with Crippen LogP contribution in [0, 0.1) is 0 Å². The molecule has 1 aliphatic carbocycles. The molecule has 0 bridgehead atoms. The average Bonchev–Trinajstić information content (AvgIpc) is 2.39. The monoisotopic (exact) mass is 252 g/mol. The van der Waals surface area contributed by atoms with Gasteiger partial charge in [0.15, 0.2) is 5.96 Å². The van der Waals surface area contributed by atoms with E-state index in [4.69, 9.17) is 5.73 Å². The van der Waals surface area contributed by atoms with E-state index in [0.717, 1.165) is 6.54 Å². The molecule has 1 saturated carbocycles. The molecule has 2 rings (SSSR count). The summed E-state index contributed by atoms with van der Waals surface area (Å²) >= 11 is 0. The average molecular weight is 252 g/mol. The molecule has 18 heavy (non-hydrogen) atoms. The van der Waals surface area contributed by atoms with Crippen LogP contribution >= 0.6 is 0 Å². The minimum atomic E-state index is 0.562. The van der Waals surface area contributed by atoms with Gasteiger partial charge in [-0.2, -0.15) is 0 Å². The van der Waals surface area contributed by atoms with Crippen LogP contribution in [0.1, 0.15) is 51.4 Å². The normalized spacial score (nSPS) is 28.3. The number of likely N-dealkylation sites (tertiary alicyclic amines) is 1. The number of nitrogens with two attached hydrogens (primary N) is 1. The third kappa shape index (κ3) is 4.16. The van der Waals surface area contributed by atoms with E-state index in [1.54, 1.807) is 0 Å². The summed E-state index contributed by atoms with van der Waals surface area (Å²) in [4.78, 5) is 6.95. The highest BCUT2D eigenvalue weighted by Gasteiger charge is 2.18. The van der Waals surface area contributed by atoms with Gasteiger partial charge in [0.1, 0.15) is 0 Å². The summed E-state index contributed by atoms with van der Waals surface area (Å²) in [6, 6.07) is 1.15. The first-order valence-corrected chi connectivity index (χ1v) is 7.52. The molecule has 104 valence electrons. The molecule has 2 fully saturated rings. The van der Waals surface area contributed by atoms with Crippen molar-refractivity contribution in [1.29, 1.82) is 0 Å². The predicted octanol–water partition coefficient (Wildman–Crippen LogP) is 1.71. The molecule has 0 spiro atoms. The Morgan fingerprint density at radius 3 is 2.61 bits per heavy atom. The van der Waals surface area contributed by atoms with Crippen LogP contribution < -0.4 is 11.1 Å². The van der Waals surface area contributed by atoms with Crippen LogP contribution in [0.5, 0.6) is 0 Å². The Kier molecular flexibility index (Phi) is 5.29. The van der Waals surface area contributed by atoms with Gasteiger partial charge in [0.2, 0.25) is 0 Å². The van der Waals surface area contributed by atoms with Crippen molar-refractivity contribution >= 4 is 5.96 Å². The second-order valence-corrected chi connectivity index (χ2v) is 5.84. The summed E-state index contributed by atoms with van der Waals surface area (Å²) < 4.78 is 0. The number of rotatable bonds is 3. The molecule has 4 heteroatoms. The molecule has 4 nitrogen and oxygen atoms in total. The molecule has 3 N–H and O–H groups in total. The van der Waals surface area contributed by atoms with Crippen LogP contribution in [0.15, 0.2) is 4.99 Å². The van der Waals surface area contributed by atoms with Gasteiger partial charge in [0, 0.05) is 12.1 Å². The van der Waals surface area contributed by atoms with Gasteiger partial charge in [0.05, 0.1) is 6.54 Å². The van der Waals surface area contributed by atoms with Crippen molar-refractivity contribution < 1.29 is 0 Å². The molecule has 0 aromatic rings. The summed E-state index contributed by atoms with van der Waals surface area (Å²) in [6.45, 7) is 2.05. The van der Waals surface area contributed by atoms with E-state index in [-0.39, 0.29) is 0 Å². The van der Waals surface area contributed by atoms with Gasteiger partial charge in [-0.05, 0) is 39.3 Å². The summed E-state index contributed by atoms with van der Waals surface area (Å²) in [7, 11) is 2.20. The number of aliphatic imine (C=N–C) groups is 1. The molecular formula is C14H28N4. The molecule has 1 aliphatic heterocycles. The molecule has 1 saturated heterocycles. The Morgan fingerprint density at radius 1 is 1.17 bits per heavy atom. The lowest BCUT2D eigenvalue weighted by atomic mass is 9.96. The minimum absolute atomic E-state index is 0.562. The number of hydrogen-bond acceptors (Lipinski definition) is 2. The van der Waals surface area contributed by atoms with Crippen molar-refractivity contribution in [2.24, 2.45) is 10.7 Å². The van der Waals surface area contributed by atoms with Gasteiger partial charge in [-0.3, -0.25) is 4.99 Å². The fourth-order valence-electron chi connectivity index (χ4n) is 3.08. The summed E-state index contributed by atoms with van der Waals surface area (Å²) in [6.07, 6.45) is 10.5. The Hall–Kier alpha value is -0.770. The number of piperidine rings is 1. The summed E-state index contributed by atoms with van der Waals surface area (Å²) in [5.74, 6) is 0.654. The van der Waals surface area contributed by atoms with E-state index in [1.165, 1.54) is 57.9 Å². The Balaban J connectivity index is 1.73. The number of nitrogens with one attached hydrogen (secondary N) is 1. The van der Waals surface area contributed by atoms with Gasteiger partial charge >= 0.3 is 0 Å². The van der Waals surface area contributed by atoms with Crippen molar-refractivity contribution in [3.8, 4) is 0 Å². The zero-order chi connectivity index (χ0) is 12.8. The van der Waals surface area contributed by atoms with Gasteiger partial charge in [0.25, 0.3) is 0 Å². The first kappa shape index (κ1) is 13.7. The van der Waals surface area contributed by atoms with Crippen LogP contribution in [-0.2, 0) is 0 Å². The zero-order valence-corrected chi connectivity index (χ0v) is 11.7. The molecule has 0 aromatic carbocycles. The van der Waals surface area contributed by atoms with E-state index >= 15 is 0 Å². The topological polar surface area (TPSA) is 53.6 Å². The van der Waals surface area contributed by atoms with Gasteiger partial charge < -0.3 is 16.0 Å². The highest BCUT2D eigenvalue weighted by atomic mass is 15.2. The molecule has 0 amide bonds. The molecule has 1 atom stereocenters. The van der Waals surface area contributed by atoms with E-state index in [1.807, 2.05) is 0 Å². The first-order valence-electron chi connectivity index (χ1n) is 7.52. The van der Waals surface area contributed by atoms with E-state index in [2.05, 4.69) is 22.3 Å². The van der Waals surface area contributed by atoms with Crippen molar-refractivity contribution in [3.05, 3.63) is 0 Å².